The van der Waals surface area contributed by atoms with E-state index in [1.807, 2.05) is 0 Å². The molecule has 0 unspecified atom stereocenters. The second-order valence-electron chi connectivity index (χ2n) is 5.83. The second kappa shape index (κ2) is 7.13. The van der Waals surface area contributed by atoms with Crippen molar-refractivity contribution >= 4 is 5.97 Å². The quantitative estimate of drug-likeness (QED) is 0.557. The first kappa shape index (κ1) is 13.9. The van der Waals surface area contributed by atoms with Gasteiger partial charge in [0.2, 0.25) is 0 Å². The van der Waals surface area contributed by atoms with Crippen LogP contribution < -0.4 is 0 Å². The minimum atomic E-state index is -0.0358. The molecule has 3 atom stereocenters. The van der Waals surface area contributed by atoms with Gasteiger partial charge in [-0.2, -0.15) is 0 Å². The molecule has 2 fully saturated rings. The average molecular weight is 254 g/mol. The van der Waals surface area contributed by atoms with Gasteiger partial charge in [0.15, 0.2) is 0 Å². The molecule has 0 N–H and O–H groups in total. The Morgan fingerprint density at radius 3 is 2.67 bits per heavy atom. The van der Waals surface area contributed by atoms with Crippen LogP contribution in [-0.2, 0) is 14.3 Å². The van der Waals surface area contributed by atoms with E-state index in [0.717, 1.165) is 31.1 Å². The lowest BCUT2D eigenvalue weighted by Crippen LogP contribution is -2.33. The molecular weight excluding hydrogens is 228 g/mol. The van der Waals surface area contributed by atoms with Crippen LogP contribution in [0.25, 0.3) is 0 Å². The summed E-state index contributed by atoms with van der Waals surface area (Å²) in [6, 6.07) is 0. The molecule has 0 amide bonds. The van der Waals surface area contributed by atoms with Crippen molar-refractivity contribution in [2.75, 3.05) is 13.7 Å². The van der Waals surface area contributed by atoms with Crippen molar-refractivity contribution in [3.63, 3.8) is 0 Å². The van der Waals surface area contributed by atoms with Crippen molar-refractivity contribution in [1.82, 2.24) is 0 Å². The minimum Gasteiger partial charge on any atom is -0.462 e. The lowest BCUT2D eigenvalue weighted by Gasteiger charge is -2.38. The first-order chi connectivity index (χ1) is 8.79. The molecule has 0 aliphatic heterocycles. The first-order valence-electron chi connectivity index (χ1n) is 7.48. The highest BCUT2D eigenvalue weighted by Gasteiger charge is 2.33. The molecule has 2 rings (SSSR count). The molecule has 0 aromatic carbocycles. The summed E-state index contributed by atoms with van der Waals surface area (Å²) in [4.78, 5) is 11.7. The number of hydrogen-bond donors (Lipinski definition) is 0. The summed E-state index contributed by atoms with van der Waals surface area (Å²) in [5.41, 5.74) is 0. The third-order valence-corrected chi connectivity index (χ3v) is 4.52. The molecule has 0 bridgehead atoms. The van der Waals surface area contributed by atoms with Gasteiger partial charge in [0, 0.05) is 20.1 Å². The Morgan fingerprint density at radius 2 is 1.89 bits per heavy atom. The molecule has 0 spiro atoms. The topological polar surface area (TPSA) is 35.5 Å². The van der Waals surface area contributed by atoms with E-state index in [-0.39, 0.29) is 12.1 Å². The fourth-order valence-corrected chi connectivity index (χ4v) is 3.54. The number of methoxy groups -OCH3 is 1. The lowest BCUT2D eigenvalue weighted by molar-refractivity contribution is -0.152. The number of ether oxygens (including phenoxy) is 2. The van der Waals surface area contributed by atoms with E-state index >= 15 is 0 Å². The van der Waals surface area contributed by atoms with Gasteiger partial charge < -0.3 is 9.47 Å². The fourth-order valence-electron chi connectivity index (χ4n) is 3.54. The van der Waals surface area contributed by atoms with Crippen LogP contribution in [0.2, 0.25) is 0 Å². The van der Waals surface area contributed by atoms with Gasteiger partial charge in [0.25, 0.3) is 0 Å². The standard InChI is InChI=1S/C15H26O3/c1-17-10-4-7-15(16)18-14-9-8-12-5-2-3-6-13(12)11-14/h12-14H,2-11H2,1H3/t12-,13+,14+/m0/s1. The number of fused-ring (bicyclic) bond motifs is 1. The highest BCUT2D eigenvalue weighted by atomic mass is 16.5. The maximum absolute atomic E-state index is 11.7. The molecule has 2 aliphatic carbocycles. The zero-order valence-corrected chi connectivity index (χ0v) is 11.5. The second-order valence-corrected chi connectivity index (χ2v) is 5.83. The van der Waals surface area contributed by atoms with Crippen molar-refractivity contribution in [3.8, 4) is 0 Å². The third-order valence-electron chi connectivity index (χ3n) is 4.52. The Morgan fingerprint density at radius 1 is 1.11 bits per heavy atom. The van der Waals surface area contributed by atoms with E-state index in [0.29, 0.717) is 13.0 Å². The fraction of sp³-hybridized carbons (Fsp3) is 0.933. The molecule has 2 aliphatic rings. The highest BCUT2D eigenvalue weighted by Crippen LogP contribution is 2.41. The molecular formula is C15H26O3. The zero-order chi connectivity index (χ0) is 12.8. The van der Waals surface area contributed by atoms with E-state index in [1.165, 1.54) is 32.1 Å². The van der Waals surface area contributed by atoms with Crippen LogP contribution in [0, 0.1) is 11.8 Å². The molecule has 0 heterocycles. The predicted molar refractivity (Wildman–Crippen MR) is 70.3 cm³/mol. The average Bonchev–Trinajstić information content (AvgIpc) is 2.39. The van der Waals surface area contributed by atoms with Crippen LogP contribution in [0.15, 0.2) is 0 Å². The van der Waals surface area contributed by atoms with E-state index in [4.69, 9.17) is 9.47 Å². The van der Waals surface area contributed by atoms with Gasteiger partial charge in [0.05, 0.1) is 0 Å². The molecule has 0 aromatic rings. The van der Waals surface area contributed by atoms with Crippen LogP contribution >= 0.6 is 0 Å². The van der Waals surface area contributed by atoms with Crippen molar-refractivity contribution in [2.45, 2.75) is 63.9 Å². The molecule has 3 nitrogen and oxygen atoms in total. The Balaban J connectivity index is 1.69. The van der Waals surface area contributed by atoms with E-state index < -0.39 is 0 Å². The molecule has 18 heavy (non-hydrogen) atoms. The SMILES string of the molecule is COCCCC(=O)O[C@@H]1CC[C@@H]2CCCC[C@@H]2C1. The van der Waals surface area contributed by atoms with Crippen molar-refractivity contribution < 1.29 is 14.3 Å². The molecule has 0 radical (unpaired) electrons. The first-order valence-corrected chi connectivity index (χ1v) is 7.48. The summed E-state index contributed by atoms with van der Waals surface area (Å²) >= 11 is 0. The van der Waals surface area contributed by atoms with Gasteiger partial charge in [-0.25, -0.2) is 0 Å². The third kappa shape index (κ3) is 3.98. The number of carbonyl (C=O) groups is 1. The van der Waals surface area contributed by atoms with Crippen molar-refractivity contribution in [2.24, 2.45) is 11.8 Å². The Kier molecular flexibility index (Phi) is 5.48. The number of esters is 1. The Hall–Kier alpha value is -0.570. The van der Waals surface area contributed by atoms with Crippen LogP contribution in [0.4, 0.5) is 0 Å². The van der Waals surface area contributed by atoms with Crippen LogP contribution in [0.1, 0.15) is 57.8 Å². The van der Waals surface area contributed by atoms with Crippen LogP contribution in [-0.4, -0.2) is 25.8 Å². The van der Waals surface area contributed by atoms with Crippen LogP contribution in [0.5, 0.6) is 0 Å². The lowest BCUT2D eigenvalue weighted by atomic mass is 9.70. The van der Waals surface area contributed by atoms with Gasteiger partial charge in [-0.3, -0.25) is 4.79 Å². The number of rotatable bonds is 5. The molecule has 2 saturated carbocycles. The van der Waals surface area contributed by atoms with Crippen molar-refractivity contribution in [3.05, 3.63) is 0 Å². The summed E-state index contributed by atoms with van der Waals surface area (Å²) in [5, 5.41) is 0. The predicted octanol–water partition coefficient (Wildman–Crippen LogP) is 3.32. The maximum atomic E-state index is 11.7. The number of carbonyl (C=O) groups excluding carboxylic acids is 1. The van der Waals surface area contributed by atoms with E-state index in [2.05, 4.69) is 0 Å². The summed E-state index contributed by atoms with van der Waals surface area (Å²) < 4.78 is 10.5. The Bertz CT molecular complexity index is 264. The van der Waals surface area contributed by atoms with Gasteiger partial charge >= 0.3 is 5.97 Å². The molecule has 0 aromatic heterocycles. The normalized spacial score (nSPS) is 31.7. The molecule has 104 valence electrons. The monoisotopic (exact) mass is 254 g/mol. The Labute approximate surface area is 110 Å². The largest absolute Gasteiger partial charge is 0.462 e. The smallest absolute Gasteiger partial charge is 0.306 e. The van der Waals surface area contributed by atoms with Crippen molar-refractivity contribution in [1.29, 1.82) is 0 Å². The molecule has 3 heteroatoms. The van der Waals surface area contributed by atoms with Gasteiger partial charge in [0.1, 0.15) is 6.10 Å². The summed E-state index contributed by atoms with van der Waals surface area (Å²) in [7, 11) is 1.66. The maximum Gasteiger partial charge on any atom is 0.306 e. The van der Waals surface area contributed by atoms with Crippen LogP contribution in [0.3, 0.4) is 0 Å². The van der Waals surface area contributed by atoms with Gasteiger partial charge in [-0.1, -0.05) is 25.7 Å². The van der Waals surface area contributed by atoms with Gasteiger partial charge in [-0.05, 0) is 37.5 Å². The highest BCUT2D eigenvalue weighted by molar-refractivity contribution is 5.69. The summed E-state index contributed by atoms with van der Waals surface area (Å²) in [6.45, 7) is 0.643. The van der Waals surface area contributed by atoms with E-state index in [9.17, 15) is 4.79 Å². The number of hydrogen-bond acceptors (Lipinski definition) is 3. The summed E-state index contributed by atoms with van der Waals surface area (Å²) in [6.07, 6.45) is 10.4. The van der Waals surface area contributed by atoms with Gasteiger partial charge in [-0.15, -0.1) is 0 Å². The summed E-state index contributed by atoms with van der Waals surface area (Å²) in [5.74, 6) is 1.71. The van der Waals surface area contributed by atoms with E-state index in [1.54, 1.807) is 7.11 Å². The zero-order valence-electron chi connectivity index (χ0n) is 11.5. The minimum absolute atomic E-state index is 0.0358. The molecule has 0 saturated heterocycles.